The van der Waals surface area contributed by atoms with Crippen LogP contribution in [0.25, 0.3) is 45.3 Å². The first-order valence-electron chi connectivity index (χ1n) is 19.5. The molecule has 4 N–H and O–H groups in total. The van der Waals surface area contributed by atoms with Crippen LogP contribution in [0.3, 0.4) is 0 Å². The lowest BCUT2D eigenvalue weighted by Gasteiger charge is -2.18. The van der Waals surface area contributed by atoms with Crippen LogP contribution in [-0.4, -0.2) is 124 Å². The molecular formula is C43H50N10O8. The zero-order chi connectivity index (χ0) is 43.8. The van der Waals surface area contributed by atoms with Gasteiger partial charge in [-0.25, -0.2) is 19.9 Å². The van der Waals surface area contributed by atoms with E-state index < -0.39 is 18.1 Å². The number of hydrogen-bond donors (Lipinski definition) is 4. The van der Waals surface area contributed by atoms with Gasteiger partial charge in [0.1, 0.15) is 65.6 Å². The molecule has 0 radical (unpaired) electrons. The quantitative estimate of drug-likeness (QED) is 0.0959. The number of nitrogens with zero attached hydrogens (tertiary/aromatic N) is 8. The fourth-order valence-corrected chi connectivity index (χ4v) is 6.46. The molecule has 2 unspecified atom stereocenters. The molecule has 0 aliphatic heterocycles. The van der Waals surface area contributed by atoms with Crippen molar-refractivity contribution in [3.05, 3.63) is 89.3 Å². The number of carbonyl (C=O) groups excluding carboxylic acids is 2. The molecule has 0 bridgehead atoms. The van der Waals surface area contributed by atoms with Crippen molar-refractivity contribution in [3.8, 4) is 56.8 Å². The predicted octanol–water partition coefficient (Wildman–Crippen LogP) is 4.01. The van der Waals surface area contributed by atoms with E-state index in [-0.39, 0.29) is 37.2 Å². The van der Waals surface area contributed by atoms with E-state index in [1.165, 1.54) is 16.7 Å². The van der Waals surface area contributed by atoms with Crippen molar-refractivity contribution < 1.29 is 38.3 Å². The van der Waals surface area contributed by atoms with Crippen LogP contribution in [0.4, 0.5) is 5.82 Å². The number of aliphatic hydroxyl groups excluding tert-OH is 2. The molecule has 2 atom stereocenters. The Bertz CT molecular complexity index is 2470. The van der Waals surface area contributed by atoms with Crippen molar-refractivity contribution in [1.82, 2.24) is 45.8 Å². The first-order chi connectivity index (χ1) is 29.3. The molecule has 0 spiro atoms. The van der Waals surface area contributed by atoms with Crippen molar-refractivity contribution in [2.75, 3.05) is 59.4 Å². The van der Waals surface area contributed by atoms with Crippen molar-refractivity contribution in [2.24, 2.45) is 0 Å². The smallest absolute Gasteiger partial charge is 0.272 e. The minimum atomic E-state index is -0.714. The Hall–Kier alpha value is -6.60. The average molecular weight is 835 g/mol. The van der Waals surface area contributed by atoms with Gasteiger partial charge in [0.05, 0.1) is 34.8 Å². The van der Waals surface area contributed by atoms with Gasteiger partial charge in [-0.15, -0.1) is 0 Å². The fraction of sp³-hybridized carbons (Fsp3) is 0.349. The number of benzene rings is 2. The van der Waals surface area contributed by atoms with Gasteiger partial charge in [0.25, 0.3) is 5.91 Å². The Kier molecular flexibility index (Phi) is 14.2. The Labute approximate surface area is 352 Å². The summed E-state index contributed by atoms with van der Waals surface area (Å²) >= 11 is 0. The molecule has 61 heavy (non-hydrogen) atoms. The van der Waals surface area contributed by atoms with E-state index in [0.29, 0.717) is 92.8 Å². The summed E-state index contributed by atoms with van der Waals surface area (Å²) in [4.78, 5) is 49.0. The van der Waals surface area contributed by atoms with Gasteiger partial charge in [0, 0.05) is 51.3 Å². The Morgan fingerprint density at radius 1 is 0.738 bits per heavy atom. The van der Waals surface area contributed by atoms with Crippen LogP contribution in [0.2, 0.25) is 0 Å². The molecular weight excluding hydrogens is 785 g/mol. The number of likely N-dealkylation sites (N-methyl/N-ethyl adjacent to an activating group) is 2. The monoisotopic (exact) mass is 834 g/mol. The summed E-state index contributed by atoms with van der Waals surface area (Å²) in [5.74, 6) is 2.12. The van der Waals surface area contributed by atoms with E-state index in [1.54, 1.807) is 104 Å². The Balaban J connectivity index is 1.34. The van der Waals surface area contributed by atoms with Crippen LogP contribution in [-0.2, 0) is 11.3 Å². The summed E-state index contributed by atoms with van der Waals surface area (Å²) in [6, 6.07) is 17.5. The third-order valence-electron chi connectivity index (χ3n) is 9.64. The van der Waals surface area contributed by atoms with Crippen LogP contribution in [0.15, 0.2) is 69.7 Å². The lowest BCUT2D eigenvalue weighted by atomic mass is 10.1. The summed E-state index contributed by atoms with van der Waals surface area (Å²) in [7, 11) is 6.72. The first kappa shape index (κ1) is 44.0. The number of aliphatic hydroxyl groups is 2. The fourth-order valence-electron chi connectivity index (χ4n) is 6.46. The van der Waals surface area contributed by atoms with Crippen LogP contribution < -0.4 is 25.0 Å². The summed E-state index contributed by atoms with van der Waals surface area (Å²) in [6.07, 6.45) is -1.43. The van der Waals surface area contributed by atoms with Gasteiger partial charge in [0.15, 0.2) is 11.6 Å². The molecule has 6 rings (SSSR count). The number of aromatic nitrogens is 6. The number of hydrogen-bond acceptors (Lipinski definition) is 16. The SMILES string of the molecule is CNCC(O)COc1cccc(-c2nc(C(=O)N(C)Cc3noc(C)c3-c3cc(N(C)C(C)=O)nc(-c4cccc(OCC(O)CNC)c4)n3)cc(-c3c(C)noc3C)n2)c1. The van der Waals surface area contributed by atoms with Crippen molar-refractivity contribution in [1.29, 1.82) is 0 Å². The summed E-state index contributed by atoms with van der Waals surface area (Å²) in [6.45, 7) is 7.59. The highest BCUT2D eigenvalue weighted by Crippen LogP contribution is 2.33. The second kappa shape index (κ2) is 19.6. The number of nitrogens with one attached hydrogen (secondary N) is 2. The van der Waals surface area contributed by atoms with Gasteiger partial charge in [-0.1, -0.05) is 34.6 Å². The molecule has 0 aliphatic carbocycles. The Morgan fingerprint density at radius 2 is 1.28 bits per heavy atom. The largest absolute Gasteiger partial charge is 0.491 e. The van der Waals surface area contributed by atoms with E-state index in [2.05, 4.69) is 20.9 Å². The molecule has 0 aliphatic rings. The third-order valence-corrected chi connectivity index (χ3v) is 9.64. The molecule has 2 aromatic carbocycles. The van der Waals surface area contributed by atoms with Crippen molar-refractivity contribution >= 4 is 17.6 Å². The van der Waals surface area contributed by atoms with Crippen LogP contribution in [0, 0.1) is 20.8 Å². The number of ether oxygens (including phenoxy) is 2. The van der Waals surface area contributed by atoms with Crippen molar-refractivity contribution in [2.45, 2.75) is 46.4 Å². The topological polar surface area (TPSA) is 227 Å². The number of amides is 2. The van der Waals surface area contributed by atoms with Crippen LogP contribution in [0.1, 0.15) is 40.3 Å². The van der Waals surface area contributed by atoms with E-state index in [0.717, 1.165) is 0 Å². The molecule has 2 amide bonds. The number of aryl methyl sites for hydroxylation is 3. The highest BCUT2D eigenvalue weighted by Gasteiger charge is 2.26. The maximum absolute atomic E-state index is 14.4. The number of rotatable bonds is 18. The second-order valence-corrected chi connectivity index (χ2v) is 14.5. The molecule has 4 aromatic heterocycles. The normalized spacial score (nSPS) is 12.2. The second-order valence-electron chi connectivity index (χ2n) is 14.5. The minimum Gasteiger partial charge on any atom is -0.491 e. The summed E-state index contributed by atoms with van der Waals surface area (Å²) < 4.78 is 22.8. The van der Waals surface area contributed by atoms with Gasteiger partial charge in [-0.05, 0) is 65.2 Å². The lowest BCUT2D eigenvalue weighted by molar-refractivity contribution is -0.116. The summed E-state index contributed by atoms with van der Waals surface area (Å²) in [5.41, 5.74) is 4.25. The van der Waals surface area contributed by atoms with E-state index in [1.807, 2.05) is 6.07 Å². The first-order valence-corrected chi connectivity index (χ1v) is 19.5. The van der Waals surface area contributed by atoms with E-state index in [9.17, 15) is 19.8 Å². The van der Waals surface area contributed by atoms with Gasteiger partial charge >= 0.3 is 0 Å². The molecule has 0 saturated carbocycles. The molecule has 18 heteroatoms. The number of anilines is 1. The highest BCUT2D eigenvalue weighted by atomic mass is 16.5. The third kappa shape index (κ3) is 10.6. The van der Waals surface area contributed by atoms with Gasteiger partial charge in [-0.2, -0.15) is 0 Å². The highest BCUT2D eigenvalue weighted by molar-refractivity contribution is 5.94. The van der Waals surface area contributed by atoms with E-state index in [4.69, 9.17) is 38.5 Å². The van der Waals surface area contributed by atoms with Crippen molar-refractivity contribution in [3.63, 3.8) is 0 Å². The van der Waals surface area contributed by atoms with Crippen LogP contribution in [0.5, 0.6) is 11.5 Å². The van der Waals surface area contributed by atoms with Gasteiger partial charge in [0.2, 0.25) is 5.91 Å². The van der Waals surface area contributed by atoms with Gasteiger partial charge in [-0.3, -0.25) is 9.59 Å². The molecule has 320 valence electrons. The maximum atomic E-state index is 14.4. The molecule has 18 nitrogen and oxygen atoms in total. The maximum Gasteiger partial charge on any atom is 0.272 e. The van der Waals surface area contributed by atoms with Crippen LogP contribution >= 0.6 is 0 Å². The minimum absolute atomic E-state index is 0.0146. The zero-order valence-electron chi connectivity index (χ0n) is 35.4. The summed E-state index contributed by atoms with van der Waals surface area (Å²) in [5, 5.41) is 34.6. The molecule has 4 heterocycles. The molecule has 0 fully saturated rings. The molecule has 0 saturated heterocycles. The zero-order valence-corrected chi connectivity index (χ0v) is 35.4. The Morgan fingerprint density at radius 3 is 1.82 bits per heavy atom. The predicted molar refractivity (Wildman–Crippen MR) is 226 cm³/mol. The molecule has 6 aromatic rings. The number of carbonyl (C=O) groups is 2. The lowest BCUT2D eigenvalue weighted by Crippen LogP contribution is -2.29. The standard InChI is InChI=1S/C43H50N10O8/c1-24-39(25(2)60-50-24)34-17-36(48-41(46-34)28-11-9-13-32(15-28)58-22-30(55)19-44-5)43(57)52(7)21-37-40(26(3)61-51-37)35-18-38(53(8)27(4)54)49-42(47-35)29-12-10-14-33(16-29)59-23-31(56)20-45-6/h9-18,30-31,44-45,55-56H,19-23H2,1-8H3. The van der Waals surface area contributed by atoms with E-state index >= 15 is 0 Å². The van der Waals surface area contributed by atoms with Gasteiger partial charge < -0.3 is 49.2 Å². The average Bonchev–Trinajstić information content (AvgIpc) is 3.80.